The van der Waals surface area contributed by atoms with Crippen molar-refractivity contribution in [3.63, 3.8) is 0 Å². The molecule has 0 aromatic heterocycles. The number of halogens is 3. The Morgan fingerprint density at radius 1 is 1.09 bits per heavy atom. The quantitative estimate of drug-likeness (QED) is 0.239. The first kappa shape index (κ1) is 22.6. The molecule has 0 saturated carbocycles. The zero-order chi connectivity index (χ0) is 22.7. The van der Waals surface area contributed by atoms with Gasteiger partial charge in [0.05, 0.1) is 17.7 Å². The molecule has 8 heteroatoms. The Kier molecular flexibility index (Phi) is 6.98. The van der Waals surface area contributed by atoms with Gasteiger partial charge in [0, 0.05) is 8.95 Å². The van der Waals surface area contributed by atoms with Crippen LogP contribution in [0.1, 0.15) is 16.7 Å². The number of methoxy groups -OCH3 is 1. The number of benzene rings is 3. The molecule has 32 heavy (non-hydrogen) atoms. The van der Waals surface area contributed by atoms with Crippen LogP contribution >= 0.6 is 43.5 Å². The maximum atomic E-state index is 12.4. The summed E-state index contributed by atoms with van der Waals surface area (Å²) in [6.45, 7) is 0.329. The van der Waals surface area contributed by atoms with E-state index in [1.54, 1.807) is 18.2 Å². The smallest absolute Gasteiger partial charge is 0.363 e. The number of cyclic esters (lactones) is 1. The molecule has 1 aliphatic rings. The molecule has 162 valence electrons. The second-order valence-electron chi connectivity index (χ2n) is 6.77. The van der Waals surface area contributed by atoms with Crippen molar-refractivity contribution in [3.05, 3.63) is 97.0 Å². The zero-order valence-corrected chi connectivity index (χ0v) is 20.7. The van der Waals surface area contributed by atoms with E-state index in [-0.39, 0.29) is 11.6 Å². The standard InChI is InChI=1S/C24H16Br2ClNO4/c1-30-21-12-15(10-19(27)22(21)31-13-14-6-8-16(25)9-7-14)11-20-24(29)32-23(28-20)17-4-2-3-5-18(17)26/h2-12H,13H2,1H3/b20-11-. The van der Waals surface area contributed by atoms with Gasteiger partial charge in [-0.25, -0.2) is 9.79 Å². The predicted molar refractivity (Wildman–Crippen MR) is 131 cm³/mol. The maximum absolute atomic E-state index is 12.4. The maximum Gasteiger partial charge on any atom is 0.363 e. The highest BCUT2D eigenvalue weighted by atomic mass is 79.9. The van der Waals surface area contributed by atoms with Crippen molar-refractivity contribution in [2.45, 2.75) is 6.61 Å². The van der Waals surface area contributed by atoms with Gasteiger partial charge in [-0.05, 0) is 69.5 Å². The van der Waals surface area contributed by atoms with E-state index in [0.29, 0.717) is 34.3 Å². The van der Waals surface area contributed by atoms with E-state index in [0.717, 1.165) is 14.5 Å². The highest BCUT2D eigenvalue weighted by Gasteiger charge is 2.25. The zero-order valence-electron chi connectivity index (χ0n) is 16.8. The summed E-state index contributed by atoms with van der Waals surface area (Å²) in [6, 6.07) is 18.6. The van der Waals surface area contributed by atoms with E-state index in [9.17, 15) is 4.79 Å². The third-order valence-corrected chi connectivity index (χ3v) is 6.08. The average molecular weight is 578 g/mol. The Balaban J connectivity index is 1.59. The van der Waals surface area contributed by atoms with Gasteiger partial charge in [-0.15, -0.1) is 0 Å². The molecule has 0 N–H and O–H groups in total. The normalized spacial score (nSPS) is 14.3. The minimum Gasteiger partial charge on any atom is -0.493 e. The average Bonchev–Trinajstić information content (AvgIpc) is 3.14. The second-order valence-corrected chi connectivity index (χ2v) is 8.94. The first-order valence-electron chi connectivity index (χ1n) is 9.47. The molecule has 0 fully saturated rings. The fourth-order valence-corrected chi connectivity index (χ4v) is 4.01. The van der Waals surface area contributed by atoms with Gasteiger partial charge in [0.1, 0.15) is 6.61 Å². The molecule has 0 unspecified atom stereocenters. The monoisotopic (exact) mass is 575 g/mol. The summed E-state index contributed by atoms with van der Waals surface area (Å²) in [7, 11) is 1.53. The highest BCUT2D eigenvalue weighted by Crippen LogP contribution is 2.38. The fraction of sp³-hybridized carbons (Fsp3) is 0.0833. The lowest BCUT2D eigenvalue weighted by Gasteiger charge is -2.13. The van der Waals surface area contributed by atoms with Gasteiger partial charge in [-0.1, -0.05) is 51.8 Å². The summed E-state index contributed by atoms with van der Waals surface area (Å²) < 4.78 is 18.5. The number of hydrogen-bond acceptors (Lipinski definition) is 5. The molecule has 0 radical (unpaired) electrons. The fourth-order valence-electron chi connectivity index (χ4n) is 3.02. The molecular weight excluding hydrogens is 562 g/mol. The lowest BCUT2D eigenvalue weighted by molar-refractivity contribution is -0.129. The van der Waals surface area contributed by atoms with Crippen LogP contribution in [-0.2, 0) is 16.1 Å². The summed E-state index contributed by atoms with van der Waals surface area (Å²) >= 11 is 13.3. The summed E-state index contributed by atoms with van der Waals surface area (Å²) in [5.74, 6) is 0.566. The number of esters is 1. The molecule has 5 nitrogen and oxygen atoms in total. The van der Waals surface area contributed by atoms with Crippen molar-refractivity contribution in [1.29, 1.82) is 0 Å². The van der Waals surface area contributed by atoms with E-state index in [1.807, 2.05) is 48.5 Å². The van der Waals surface area contributed by atoms with Crippen LogP contribution in [-0.4, -0.2) is 19.0 Å². The second kappa shape index (κ2) is 9.90. The molecular formula is C24H16Br2ClNO4. The predicted octanol–water partition coefficient (Wildman–Crippen LogP) is 6.80. The number of ether oxygens (including phenoxy) is 3. The SMILES string of the molecule is COc1cc(/C=C2\N=C(c3ccccc3Br)OC2=O)cc(Cl)c1OCc1ccc(Br)cc1. The molecule has 3 aromatic carbocycles. The van der Waals surface area contributed by atoms with Crippen molar-refractivity contribution in [1.82, 2.24) is 0 Å². The number of rotatable bonds is 6. The number of nitrogens with zero attached hydrogens (tertiary/aromatic N) is 1. The van der Waals surface area contributed by atoms with Crippen LogP contribution in [0.15, 0.2) is 80.3 Å². The van der Waals surface area contributed by atoms with E-state index in [4.69, 9.17) is 25.8 Å². The Bertz CT molecular complexity index is 1240. The van der Waals surface area contributed by atoms with Crippen molar-refractivity contribution in [3.8, 4) is 11.5 Å². The van der Waals surface area contributed by atoms with Crippen LogP contribution in [0.25, 0.3) is 6.08 Å². The van der Waals surface area contributed by atoms with E-state index in [1.165, 1.54) is 7.11 Å². The van der Waals surface area contributed by atoms with Crippen LogP contribution in [0.2, 0.25) is 5.02 Å². The van der Waals surface area contributed by atoms with Crippen molar-refractivity contribution < 1.29 is 19.0 Å². The number of hydrogen-bond donors (Lipinski definition) is 0. The third kappa shape index (κ3) is 5.06. The molecule has 3 aromatic rings. The van der Waals surface area contributed by atoms with Crippen molar-refractivity contribution in [2.24, 2.45) is 4.99 Å². The summed E-state index contributed by atoms with van der Waals surface area (Å²) in [5.41, 5.74) is 2.47. The van der Waals surface area contributed by atoms with Gasteiger partial charge in [0.25, 0.3) is 0 Å². The molecule has 0 spiro atoms. The van der Waals surface area contributed by atoms with Crippen LogP contribution in [0.4, 0.5) is 0 Å². The third-order valence-electron chi connectivity index (χ3n) is 4.58. The van der Waals surface area contributed by atoms with Gasteiger partial charge in [-0.2, -0.15) is 0 Å². The lowest BCUT2D eigenvalue weighted by atomic mass is 10.1. The Morgan fingerprint density at radius 2 is 1.84 bits per heavy atom. The van der Waals surface area contributed by atoms with Gasteiger partial charge < -0.3 is 14.2 Å². The van der Waals surface area contributed by atoms with Crippen molar-refractivity contribution >= 4 is 61.4 Å². The molecule has 0 atom stereocenters. The number of carbonyl (C=O) groups excluding carboxylic acids is 1. The van der Waals surface area contributed by atoms with Crippen LogP contribution in [0, 0.1) is 0 Å². The van der Waals surface area contributed by atoms with Crippen LogP contribution < -0.4 is 9.47 Å². The molecule has 0 bridgehead atoms. The van der Waals surface area contributed by atoms with Gasteiger partial charge in [-0.3, -0.25) is 0 Å². The molecule has 4 rings (SSSR count). The summed E-state index contributed by atoms with van der Waals surface area (Å²) in [6.07, 6.45) is 1.60. The Hall–Kier alpha value is -2.61. The topological polar surface area (TPSA) is 57.1 Å². The van der Waals surface area contributed by atoms with Gasteiger partial charge in [0.2, 0.25) is 5.90 Å². The Labute approximate surface area is 206 Å². The van der Waals surface area contributed by atoms with Crippen LogP contribution in [0.5, 0.6) is 11.5 Å². The number of carbonyl (C=O) groups is 1. The molecule has 0 saturated heterocycles. The van der Waals surface area contributed by atoms with E-state index in [2.05, 4.69) is 36.9 Å². The Morgan fingerprint density at radius 3 is 2.56 bits per heavy atom. The van der Waals surface area contributed by atoms with E-state index >= 15 is 0 Å². The van der Waals surface area contributed by atoms with Gasteiger partial charge >= 0.3 is 5.97 Å². The molecule has 0 amide bonds. The summed E-state index contributed by atoms with van der Waals surface area (Å²) in [5, 5.41) is 0.356. The first-order valence-corrected chi connectivity index (χ1v) is 11.4. The summed E-state index contributed by atoms with van der Waals surface area (Å²) in [4.78, 5) is 16.7. The lowest BCUT2D eigenvalue weighted by Crippen LogP contribution is -2.05. The van der Waals surface area contributed by atoms with Crippen LogP contribution in [0.3, 0.4) is 0 Å². The molecule has 1 heterocycles. The van der Waals surface area contributed by atoms with E-state index < -0.39 is 5.97 Å². The highest BCUT2D eigenvalue weighted by molar-refractivity contribution is 9.10. The van der Waals surface area contributed by atoms with Gasteiger partial charge in [0.15, 0.2) is 17.2 Å². The number of aliphatic imine (C=N–C) groups is 1. The molecule has 1 aliphatic heterocycles. The molecule has 0 aliphatic carbocycles. The minimum absolute atomic E-state index is 0.164. The largest absolute Gasteiger partial charge is 0.493 e. The first-order chi connectivity index (χ1) is 15.4. The van der Waals surface area contributed by atoms with Crippen molar-refractivity contribution in [2.75, 3.05) is 7.11 Å². The minimum atomic E-state index is -0.540.